The van der Waals surface area contributed by atoms with E-state index < -0.39 is 0 Å². The van der Waals surface area contributed by atoms with Gasteiger partial charge in [-0.1, -0.05) is 19.1 Å². The van der Waals surface area contributed by atoms with Crippen LogP contribution in [0.25, 0.3) is 0 Å². The zero-order chi connectivity index (χ0) is 13.1. The van der Waals surface area contributed by atoms with Crippen molar-refractivity contribution in [3.05, 3.63) is 28.8 Å². The fourth-order valence-corrected chi connectivity index (χ4v) is 2.37. The van der Waals surface area contributed by atoms with Crippen LogP contribution in [0.1, 0.15) is 43.4 Å². The van der Waals surface area contributed by atoms with Gasteiger partial charge in [-0.15, -0.1) is 12.4 Å². The molecule has 19 heavy (non-hydrogen) atoms. The molecule has 3 heteroatoms. The molecule has 1 atom stereocenters. The number of aryl methyl sites for hydroxylation is 2. The number of hydrogen-bond donors (Lipinski definition) is 1. The smallest absolute Gasteiger partial charge is 0.125 e. The molecular formula is C16H26ClNO. The van der Waals surface area contributed by atoms with Crippen LogP contribution in [-0.4, -0.2) is 12.6 Å². The summed E-state index contributed by atoms with van der Waals surface area (Å²) < 4.78 is 6.01. The van der Waals surface area contributed by atoms with Crippen molar-refractivity contribution in [3.8, 4) is 5.75 Å². The van der Waals surface area contributed by atoms with E-state index in [2.05, 4.69) is 32.9 Å². The number of rotatable bonds is 6. The van der Waals surface area contributed by atoms with Crippen molar-refractivity contribution in [2.45, 2.75) is 52.5 Å². The summed E-state index contributed by atoms with van der Waals surface area (Å²) in [6.45, 7) is 7.28. The summed E-state index contributed by atoms with van der Waals surface area (Å²) in [5.74, 6) is 1.91. The fourth-order valence-electron chi connectivity index (χ4n) is 2.37. The Balaban J connectivity index is 0.00000180. The van der Waals surface area contributed by atoms with Crippen LogP contribution < -0.4 is 10.5 Å². The third-order valence-corrected chi connectivity index (χ3v) is 3.51. The van der Waals surface area contributed by atoms with Gasteiger partial charge in [0.1, 0.15) is 5.75 Å². The summed E-state index contributed by atoms with van der Waals surface area (Å²) in [7, 11) is 0. The lowest BCUT2D eigenvalue weighted by atomic mass is 9.99. The standard InChI is InChI=1S/C16H25NO.ClH/c1-4-15-9-14(8-12(3)17)7-11(2)16(15)18-10-13-5-6-13;/h7,9,12-13H,4-6,8,10,17H2,1-3H3;1H. The van der Waals surface area contributed by atoms with E-state index in [4.69, 9.17) is 10.5 Å². The Labute approximate surface area is 123 Å². The molecule has 1 aliphatic carbocycles. The summed E-state index contributed by atoms with van der Waals surface area (Å²) >= 11 is 0. The molecule has 108 valence electrons. The first-order chi connectivity index (χ1) is 8.60. The maximum Gasteiger partial charge on any atom is 0.125 e. The van der Waals surface area contributed by atoms with Crippen molar-refractivity contribution in [2.24, 2.45) is 11.7 Å². The maximum absolute atomic E-state index is 6.01. The molecule has 0 aromatic heterocycles. The SMILES string of the molecule is CCc1cc(CC(C)N)cc(C)c1OCC1CC1.Cl. The maximum atomic E-state index is 6.01. The van der Waals surface area contributed by atoms with Gasteiger partial charge in [0.25, 0.3) is 0 Å². The van der Waals surface area contributed by atoms with Crippen molar-refractivity contribution >= 4 is 12.4 Å². The van der Waals surface area contributed by atoms with E-state index in [1.54, 1.807) is 0 Å². The summed E-state index contributed by atoms with van der Waals surface area (Å²) in [4.78, 5) is 0. The highest BCUT2D eigenvalue weighted by Gasteiger charge is 2.22. The van der Waals surface area contributed by atoms with Crippen molar-refractivity contribution < 1.29 is 4.74 Å². The molecule has 1 unspecified atom stereocenters. The van der Waals surface area contributed by atoms with E-state index >= 15 is 0 Å². The average molecular weight is 284 g/mol. The van der Waals surface area contributed by atoms with Crippen molar-refractivity contribution in [1.82, 2.24) is 0 Å². The minimum Gasteiger partial charge on any atom is -0.493 e. The molecule has 0 bridgehead atoms. The second kappa shape index (κ2) is 7.16. The Morgan fingerprint density at radius 3 is 2.58 bits per heavy atom. The Hall–Kier alpha value is -0.730. The van der Waals surface area contributed by atoms with Gasteiger partial charge < -0.3 is 10.5 Å². The summed E-state index contributed by atoms with van der Waals surface area (Å²) in [5, 5.41) is 0. The molecule has 1 saturated carbocycles. The van der Waals surface area contributed by atoms with E-state index in [-0.39, 0.29) is 18.4 Å². The van der Waals surface area contributed by atoms with Crippen molar-refractivity contribution in [2.75, 3.05) is 6.61 Å². The molecule has 2 rings (SSSR count). The highest BCUT2D eigenvalue weighted by Crippen LogP contribution is 2.32. The van der Waals surface area contributed by atoms with Gasteiger partial charge >= 0.3 is 0 Å². The lowest BCUT2D eigenvalue weighted by molar-refractivity contribution is 0.295. The molecule has 0 saturated heterocycles. The number of halogens is 1. The molecule has 1 fully saturated rings. The Morgan fingerprint density at radius 2 is 2.05 bits per heavy atom. The first-order valence-corrected chi connectivity index (χ1v) is 7.11. The minimum absolute atomic E-state index is 0. The quantitative estimate of drug-likeness (QED) is 0.865. The monoisotopic (exact) mass is 283 g/mol. The molecule has 1 aliphatic rings. The van der Waals surface area contributed by atoms with Crippen LogP contribution in [-0.2, 0) is 12.8 Å². The van der Waals surface area contributed by atoms with Gasteiger partial charge in [0, 0.05) is 6.04 Å². The van der Waals surface area contributed by atoms with Crippen LogP contribution in [0.4, 0.5) is 0 Å². The minimum atomic E-state index is 0. The highest BCUT2D eigenvalue weighted by molar-refractivity contribution is 5.85. The molecule has 1 aromatic rings. The van der Waals surface area contributed by atoms with Gasteiger partial charge in [-0.3, -0.25) is 0 Å². The number of hydrogen-bond acceptors (Lipinski definition) is 2. The summed E-state index contributed by atoms with van der Waals surface area (Å²) in [6.07, 6.45) is 4.64. The van der Waals surface area contributed by atoms with Crippen LogP contribution >= 0.6 is 12.4 Å². The highest BCUT2D eigenvalue weighted by atomic mass is 35.5. The van der Waals surface area contributed by atoms with E-state index in [0.29, 0.717) is 0 Å². The second-order valence-corrected chi connectivity index (χ2v) is 5.69. The van der Waals surface area contributed by atoms with Crippen LogP contribution in [0.2, 0.25) is 0 Å². The predicted molar refractivity (Wildman–Crippen MR) is 83.4 cm³/mol. The first kappa shape index (κ1) is 16.3. The molecular weight excluding hydrogens is 258 g/mol. The lowest BCUT2D eigenvalue weighted by Gasteiger charge is -2.16. The lowest BCUT2D eigenvalue weighted by Crippen LogP contribution is -2.18. The fraction of sp³-hybridized carbons (Fsp3) is 0.625. The Morgan fingerprint density at radius 1 is 1.37 bits per heavy atom. The second-order valence-electron chi connectivity index (χ2n) is 5.69. The van der Waals surface area contributed by atoms with Gasteiger partial charge in [-0.25, -0.2) is 0 Å². The van der Waals surface area contributed by atoms with Crippen LogP contribution in [0.15, 0.2) is 12.1 Å². The van der Waals surface area contributed by atoms with Crippen molar-refractivity contribution in [3.63, 3.8) is 0 Å². The van der Waals surface area contributed by atoms with Gasteiger partial charge in [0.05, 0.1) is 6.61 Å². The zero-order valence-electron chi connectivity index (χ0n) is 12.2. The molecule has 0 heterocycles. The number of benzene rings is 1. The summed E-state index contributed by atoms with van der Waals surface area (Å²) in [6, 6.07) is 4.70. The molecule has 0 amide bonds. The molecule has 2 N–H and O–H groups in total. The zero-order valence-corrected chi connectivity index (χ0v) is 13.1. The topological polar surface area (TPSA) is 35.2 Å². The predicted octanol–water partition coefficient (Wildman–Crippen LogP) is 3.66. The number of nitrogens with two attached hydrogens (primary N) is 1. The van der Waals surface area contributed by atoms with Gasteiger partial charge in [-0.2, -0.15) is 0 Å². The molecule has 0 spiro atoms. The molecule has 1 aromatic carbocycles. The Kier molecular flexibility index (Phi) is 6.15. The van der Waals surface area contributed by atoms with E-state index in [1.165, 1.54) is 29.5 Å². The molecule has 2 nitrogen and oxygen atoms in total. The van der Waals surface area contributed by atoms with Crippen LogP contribution in [0, 0.1) is 12.8 Å². The van der Waals surface area contributed by atoms with E-state index in [9.17, 15) is 0 Å². The largest absolute Gasteiger partial charge is 0.493 e. The normalized spacial score (nSPS) is 15.8. The molecule has 0 aliphatic heterocycles. The molecule has 0 radical (unpaired) electrons. The first-order valence-electron chi connectivity index (χ1n) is 7.11. The van der Waals surface area contributed by atoms with Crippen molar-refractivity contribution in [1.29, 1.82) is 0 Å². The van der Waals surface area contributed by atoms with E-state index in [1.807, 2.05) is 0 Å². The van der Waals surface area contributed by atoms with Gasteiger partial charge in [-0.05, 0) is 62.1 Å². The average Bonchev–Trinajstić information content (AvgIpc) is 3.10. The number of ether oxygens (including phenoxy) is 1. The van der Waals surface area contributed by atoms with Gasteiger partial charge in [0.2, 0.25) is 0 Å². The van der Waals surface area contributed by atoms with E-state index in [0.717, 1.165) is 31.1 Å². The van der Waals surface area contributed by atoms with Gasteiger partial charge in [0.15, 0.2) is 0 Å². The summed E-state index contributed by atoms with van der Waals surface area (Å²) in [5.41, 5.74) is 9.79. The van der Waals surface area contributed by atoms with Crippen LogP contribution in [0.5, 0.6) is 5.75 Å². The third kappa shape index (κ3) is 4.70. The Bertz CT molecular complexity index is 413. The third-order valence-electron chi connectivity index (χ3n) is 3.51. The van der Waals surface area contributed by atoms with Crippen LogP contribution in [0.3, 0.4) is 0 Å².